The topological polar surface area (TPSA) is 96.5 Å². The minimum absolute atomic E-state index is 0.0951. The van der Waals surface area contributed by atoms with Gasteiger partial charge in [0.1, 0.15) is 12.6 Å². The van der Waals surface area contributed by atoms with Gasteiger partial charge < -0.3 is 10.1 Å². The lowest BCUT2D eigenvalue weighted by molar-refractivity contribution is -0.124. The first-order chi connectivity index (χ1) is 13.4. The summed E-state index contributed by atoms with van der Waals surface area (Å²) in [6, 6.07) is 15.2. The third kappa shape index (κ3) is 6.38. The van der Waals surface area contributed by atoms with Crippen molar-refractivity contribution in [2.75, 3.05) is 0 Å². The molecule has 0 radical (unpaired) electrons. The van der Waals surface area contributed by atoms with Crippen LogP contribution in [0.25, 0.3) is 0 Å². The van der Waals surface area contributed by atoms with Gasteiger partial charge in [-0.05, 0) is 39.5 Å². The Morgan fingerprint density at radius 2 is 1.61 bits per heavy atom. The zero-order valence-electron chi connectivity index (χ0n) is 15.6. The fourth-order valence-corrected chi connectivity index (χ4v) is 2.80. The minimum atomic E-state index is -0.872. The van der Waals surface area contributed by atoms with Gasteiger partial charge in [0.25, 0.3) is 11.8 Å². The molecule has 148 valence electrons. The van der Waals surface area contributed by atoms with Crippen LogP contribution in [0.15, 0.2) is 59.1 Å². The van der Waals surface area contributed by atoms with Crippen LogP contribution in [0.4, 0.5) is 4.79 Å². The van der Waals surface area contributed by atoms with E-state index in [-0.39, 0.29) is 12.5 Å². The largest absolute Gasteiger partial charge is 0.445 e. The van der Waals surface area contributed by atoms with Crippen LogP contribution < -0.4 is 16.2 Å². The van der Waals surface area contributed by atoms with Crippen molar-refractivity contribution in [3.05, 3.63) is 70.2 Å². The van der Waals surface area contributed by atoms with E-state index >= 15 is 0 Å². The summed E-state index contributed by atoms with van der Waals surface area (Å²) in [6.07, 6.45) is -0.713. The monoisotopic (exact) mass is 447 g/mol. The first kappa shape index (κ1) is 21.4. The summed E-state index contributed by atoms with van der Waals surface area (Å²) in [5.74, 6) is -1.24. The van der Waals surface area contributed by atoms with Crippen LogP contribution in [0.3, 0.4) is 0 Å². The first-order valence-electron chi connectivity index (χ1n) is 8.70. The number of halogens is 1. The second-order valence-electron chi connectivity index (χ2n) is 6.35. The van der Waals surface area contributed by atoms with Gasteiger partial charge in [0.15, 0.2) is 0 Å². The standard InChI is InChI=1S/C20H22BrN3O4/c1-13(2)17(22-20(27)28-12-14-8-4-3-5-9-14)19(26)24-23-18(25)15-10-6-7-11-16(15)21/h3-11,13,17H,12H2,1-2H3,(H,22,27)(H,23,25)(H,24,26)/t17-/m0/s1. The highest BCUT2D eigenvalue weighted by Gasteiger charge is 2.25. The second kappa shape index (κ2) is 10.5. The second-order valence-corrected chi connectivity index (χ2v) is 7.21. The third-order valence-electron chi connectivity index (χ3n) is 3.85. The number of carbonyl (C=O) groups is 3. The van der Waals surface area contributed by atoms with Crippen LogP contribution >= 0.6 is 15.9 Å². The molecule has 0 aliphatic rings. The molecule has 0 fully saturated rings. The molecule has 0 heterocycles. The van der Waals surface area contributed by atoms with Crippen molar-refractivity contribution in [3.63, 3.8) is 0 Å². The quantitative estimate of drug-likeness (QED) is 0.592. The molecule has 1 atom stereocenters. The van der Waals surface area contributed by atoms with E-state index in [1.54, 1.807) is 38.1 Å². The highest BCUT2D eigenvalue weighted by molar-refractivity contribution is 9.10. The molecule has 0 aliphatic carbocycles. The number of carbonyl (C=O) groups excluding carboxylic acids is 3. The van der Waals surface area contributed by atoms with Crippen molar-refractivity contribution in [2.24, 2.45) is 5.92 Å². The highest BCUT2D eigenvalue weighted by Crippen LogP contribution is 2.15. The first-order valence-corrected chi connectivity index (χ1v) is 9.49. The van der Waals surface area contributed by atoms with Crippen molar-refractivity contribution in [1.29, 1.82) is 0 Å². The number of amides is 3. The predicted octanol–water partition coefficient (Wildman–Crippen LogP) is 3.16. The van der Waals surface area contributed by atoms with Gasteiger partial charge in [0, 0.05) is 4.47 Å². The van der Waals surface area contributed by atoms with E-state index in [1.807, 2.05) is 30.3 Å². The molecular formula is C20H22BrN3O4. The predicted molar refractivity (Wildman–Crippen MR) is 108 cm³/mol. The normalized spacial score (nSPS) is 11.4. The van der Waals surface area contributed by atoms with Crippen LogP contribution in [0.1, 0.15) is 29.8 Å². The van der Waals surface area contributed by atoms with Gasteiger partial charge >= 0.3 is 6.09 Å². The zero-order chi connectivity index (χ0) is 20.5. The molecule has 0 unspecified atom stereocenters. The summed E-state index contributed by atoms with van der Waals surface area (Å²) in [4.78, 5) is 36.6. The van der Waals surface area contributed by atoms with Crippen LogP contribution in [-0.2, 0) is 16.1 Å². The van der Waals surface area contributed by atoms with Crippen molar-refractivity contribution in [1.82, 2.24) is 16.2 Å². The van der Waals surface area contributed by atoms with Crippen LogP contribution in [-0.4, -0.2) is 23.9 Å². The fraction of sp³-hybridized carbons (Fsp3) is 0.250. The Kier molecular flexibility index (Phi) is 8.01. The molecule has 0 aromatic heterocycles. The lowest BCUT2D eigenvalue weighted by atomic mass is 10.0. The Bertz CT molecular complexity index is 827. The van der Waals surface area contributed by atoms with Crippen LogP contribution in [0.2, 0.25) is 0 Å². The molecule has 2 rings (SSSR count). The van der Waals surface area contributed by atoms with Crippen molar-refractivity contribution >= 4 is 33.8 Å². The van der Waals surface area contributed by atoms with E-state index in [0.29, 0.717) is 10.0 Å². The molecule has 0 aliphatic heterocycles. The van der Waals surface area contributed by atoms with E-state index in [0.717, 1.165) is 5.56 Å². The molecule has 28 heavy (non-hydrogen) atoms. The van der Waals surface area contributed by atoms with Gasteiger partial charge in [-0.25, -0.2) is 4.79 Å². The zero-order valence-corrected chi connectivity index (χ0v) is 17.2. The summed E-state index contributed by atoms with van der Waals surface area (Å²) in [5.41, 5.74) is 5.90. The lowest BCUT2D eigenvalue weighted by Gasteiger charge is -2.21. The van der Waals surface area contributed by atoms with Crippen LogP contribution in [0.5, 0.6) is 0 Å². The van der Waals surface area contributed by atoms with E-state index in [1.165, 1.54) is 0 Å². The van der Waals surface area contributed by atoms with Crippen LogP contribution in [0, 0.1) is 5.92 Å². The Hall–Kier alpha value is -2.87. The molecule has 7 nitrogen and oxygen atoms in total. The number of hydrogen-bond donors (Lipinski definition) is 3. The van der Waals surface area contributed by atoms with Gasteiger partial charge in [0.2, 0.25) is 0 Å². The maximum Gasteiger partial charge on any atom is 0.408 e. The molecule has 3 amide bonds. The van der Waals surface area contributed by atoms with Gasteiger partial charge in [-0.3, -0.25) is 20.4 Å². The fourth-order valence-electron chi connectivity index (χ4n) is 2.34. The van der Waals surface area contributed by atoms with Crippen molar-refractivity contribution < 1.29 is 19.1 Å². The molecule has 8 heteroatoms. The molecule has 3 N–H and O–H groups in total. The van der Waals surface area contributed by atoms with Gasteiger partial charge in [-0.1, -0.05) is 56.3 Å². The number of alkyl carbamates (subject to hydrolysis) is 1. The van der Waals surface area contributed by atoms with Gasteiger partial charge in [-0.2, -0.15) is 0 Å². The van der Waals surface area contributed by atoms with E-state index in [2.05, 4.69) is 32.1 Å². The Morgan fingerprint density at radius 3 is 2.25 bits per heavy atom. The Labute approximate surface area is 171 Å². The van der Waals surface area contributed by atoms with E-state index in [4.69, 9.17) is 4.74 Å². The number of benzene rings is 2. The number of hydrogen-bond acceptors (Lipinski definition) is 4. The maximum atomic E-state index is 12.4. The highest BCUT2D eigenvalue weighted by atomic mass is 79.9. The number of ether oxygens (including phenoxy) is 1. The smallest absolute Gasteiger partial charge is 0.408 e. The molecule has 0 spiro atoms. The molecule has 2 aromatic rings. The van der Waals surface area contributed by atoms with E-state index in [9.17, 15) is 14.4 Å². The van der Waals surface area contributed by atoms with E-state index < -0.39 is 23.9 Å². The number of nitrogens with one attached hydrogen (secondary N) is 3. The van der Waals surface area contributed by atoms with Gasteiger partial charge in [0.05, 0.1) is 5.56 Å². The summed E-state index contributed by atoms with van der Waals surface area (Å²) in [7, 11) is 0. The minimum Gasteiger partial charge on any atom is -0.445 e. The average molecular weight is 448 g/mol. The SMILES string of the molecule is CC(C)[C@H](NC(=O)OCc1ccccc1)C(=O)NNC(=O)c1ccccc1Br. The molecular weight excluding hydrogens is 426 g/mol. The maximum absolute atomic E-state index is 12.4. The number of rotatable bonds is 6. The summed E-state index contributed by atoms with van der Waals surface area (Å²) in [5, 5.41) is 2.53. The Morgan fingerprint density at radius 1 is 0.964 bits per heavy atom. The van der Waals surface area contributed by atoms with Gasteiger partial charge in [-0.15, -0.1) is 0 Å². The Balaban J connectivity index is 1.88. The summed E-state index contributed by atoms with van der Waals surface area (Å²) >= 11 is 3.28. The van der Waals surface area contributed by atoms with Crippen molar-refractivity contribution in [2.45, 2.75) is 26.5 Å². The lowest BCUT2D eigenvalue weighted by Crippen LogP contribution is -2.54. The molecule has 0 saturated carbocycles. The molecule has 0 bridgehead atoms. The van der Waals surface area contributed by atoms with Crippen molar-refractivity contribution in [3.8, 4) is 0 Å². The molecule has 0 saturated heterocycles. The summed E-state index contributed by atoms with van der Waals surface area (Å²) < 4.78 is 5.75. The third-order valence-corrected chi connectivity index (χ3v) is 4.54. The summed E-state index contributed by atoms with van der Waals surface area (Å²) in [6.45, 7) is 3.65. The number of hydrazine groups is 1. The average Bonchev–Trinajstić information content (AvgIpc) is 2.69. The molecule has 2 aromatic carbocycles.